The summed E-state index contributed by atoms with van der Waals surface area (Å²) >= 11 is 0. The van der Waals surface area contributed by atoms with Gasteiger partial charge in [0.1, 0.15) is 6.61 Å². The quantitative estimate of drug-likeness (QED) is 0.944. The van der Waals surface area contributed by atoms with E-state index in [9.17, 15) is 4.79 Å². The van der Waals surface area contributed by atoms with Crippen LogP contribution in [0.15, 0.2) is 54.6 Å². The molecule has 0 aliphatic carbocycles. The minimum absolute atomic E-state index is 0.141. The summed E-state index contributed by atoms with van der Waals surface area (Å²) in [5, 5.41) is 2.94. The van der Waals surface area contributed by atoms with Crippen molar-refractivity contribution in [2.45, 2.75) is 18.9 Å². The lowest BCUT2D eigenvalue weighted by molar-refractivity contribution is -0.130. The van der Waals surface area contributed by atoms with Crippen molar-refractivity contribution in [1.82, 2.24) is 5.32 Å². The molecule has 22 heavy (non-hydrogen) atoms. The van der Waals surface area contributed by atoms with E-state index in [4.69, 9.17) is 9.47 Å². The molecular weight excluding hydrogens is 278 g/mol. The van der Waals surface area contributed by atoms with E-state index >= 15 is 0 Å². The Morgan fingerprint density at radius 3 is 2.59 bits per heavy atom. The van der Waals surface area contributed by atoms with Crippen LogP contribution >= 0.6 is 0 Å². The molecule has 1 aliphatic rings. The Morgan fingerprint density at radius 1 is 1.14 bits per heavy atom. The van der Waals surface area contributed by atoms with E-state index in [1.165, 1.54) is 5.56 Å². The molecule has 0 bridgehead atoms. The van der Waals surface area contributed by atoms with Gasteiger partial charge in [-0.3, -0.25) is 4.79 Å². The zero-order valence-electron chi connectivity index (χ0n) is 12.5. The highest BCUT2D eigenvalue weighted by molar-refractivity contribution is 5.81. The molecule has 0 saturated carbocycles. The van der Waals surface area contributed by atoms with Gasteiger partial charge in [0.2, 0.25) is 6.10 Å². The van der Waals surface area contributed by atoms with Crippen LogP contribution in [-0.2, 0) is 4.79 Å². The number of benzene rings is 2. The standard InChI is InChI=1S/C18H19NO3/c1-13(14-7-3-2-4-8-14)11-19-18(20)17-12-21-15-9-5-6-10-16(15)22-17/h2-10,13,17H,11-12H2,1H3,(H,19,20)/t13-,17-/m0/s1. The fraction of sp³-hybridized carbons (Fsp3) is 0.278. The third-order valence-electron chi connectivity index (χ3n) is 3.75. The maximum absolute atomic E-state index is 12.2. The predicted molar refractivity (Wildman–Crippen MR) is 84.2 cm³/mol. The smallest absolute Gasteiger partial charge is 0.264 e. The van der Waals surface area contributed by atoms with Gasteiger partial charge in [0.05, 0.1) is 0 Å². The average Bonchev–Trinajstić information content (AvgIpc) is 2.59. The number of hydrogen-bond donors (Lipinski definition) is 1. The normalized spacial score (nSPS) is 17.6. The lowest BCUT2D eigenvalue weighted by Gasteiger charge is -2.26. The Balaban J connectivity index is 1.55. The SMILES string of the molecule is C[C@@H](CNC(=O)[C@@H]1COc2ccccc2O1)c1ccccc1. The molecule has 0 aromatic heterocycles. The molecule has 2 atom stereocenters. The summed E-state index contributed by atoms with van der Waals surface area (Å²) in [5.41, 5.74) is 1.20. The maximum atomic E-state index is 12.2. The summed E-state index contributed by atoms with van der Waals surface area (Å²) in [5.74, 6) is 1.41. The summed E-state index contributed by atoms with van der Waals surface area (Å²) < 4.78 is 11.3. The second-order valence-electron chi connectivity index (χ2n) is 5.42. The van der Waals surface area contributed by atoms with Gasteiger partial charge in [-0.15, -0.1) is 0 Å². The molecule has 4 heteroatoms. The van der Waals surface area contributed by atoms with Crippen LogP contribution in [0.5, 0.6) is 11.5 Å². The summed E-state index contributed by atoms with van der Waals surface area (Å²) in [7, 11) is 0. The number of amides is 1. The van der Waals surface area contributed by atoms with E-state index in [0.29, 0.717) is 18.0 Å². The Kier molecular flexibility index (Phi) is 4.28. The fourth-order valence-corrected chi connectivity index (χ4v) is 2.42. The number of ether oxygens (including phenoxy) is 2. The molecule has 4 nitrogen and oxygen atoms in total. The van der Waals surface area contributed by atoms with Crippen LogP contribution in [0.1, 0.15) is 18.4 Å². The zero-order chi connectivity index (χ0) is 15.4. The van der Waals surface area contributed by atoms with Gasteiger partial charge in [-0.1, -0.05) is 49.4 Å². The molecule has 1 aliphatic heterocycles. The summed E-state index contributed by atoms with van der Waals surface area (Å²) in [6.07, 6.45) is -0.599. The van der Waals surface area contributed by atoms with Crippen LogP contribution in [0.4, 0.5) is 0 Å². The minimum Gasteiger partial charge on any atom is -0.485 e. The molecule has 1 heterocycles. The van der Waals surface area contributed by atoms with Crippen LogP contribution < -0.4 is 14.8 Å². The molecule has 2 aromatic carbocycles. The molecule has 2 aromatic rings. The van der Waals surface area contributed by atoms with Gasteiger partial charge in [0.15, 0.2) is 11.5 Å². The minimum atomic E-state index is -0.599. The van der Waals surface area contributed by atoms with Gasteiger partial charge in [-0.25, -0.2) is 0 Å². The van der Waals surface area contributed by atoms with Crippen molar-refractivity contribution >= 4 is 5.91 Å². The monoisotopic (exact) mass is 297 g/mol. The lowest BCUT2D eigenvalue weighted by Crippen LogP contribution is -2.44. The molecule has 3 rings (SSSR count). The first kappa shape index (κ1) is 14.4. The van der Waals surface area contributed by atoms with Gasteiger partial charge in [-0.05, 0) is 23.6 Å². The number of para-hydroxylation sites is 2. The number of hydrogen-bond acceptors (Lipinski definition) is 3. The van der Waals surface area contributed by atoms with Crippen molar-refractivity contribution in [2.75, 3.05) is 13.2 Å². The van der Waals surface area contributed by atoms with Crippen molar-refractivity contribution in [1.29, 1.82) is 0 Å². The molecule has 1 N–H and O–H groups in total. The molecule has 0 unspecified atom stereocenters. The van der Waals surface area contributed by atoms with Crippen molar-refractivity contribution in [3.05, 3.63) is 60.2 Å². The zero-order valence-corrected chi connectivity index (χ0v) is 12.5. The third kappa shape index (κ3) is 3.22. The van der Waals surface area contributed by atoms with Gasteiger partial charge in [0, 0.05) is 6.54 Å². The van der Waals surface area contributed by atoms with Crippen LogP contribution in [0, 0.1) is 0 Å². The largest absolute Gasteiger partial charge is 0.485 e. The van der Waals surface area contributed by atoms with E-state index in [0.717, 1.165) is 0 Å². The maximum Gasteiger partial charge on any atom is 0.264 e. The summed E-state index contributed by atoms with van der Waals surface area (Å²) in [6, 6.07) is 17.5. The Morgan fingerprint density at radius 2 is 1.82 bits per heavy atom. The molecular formula is C18H19NO3. The van der Waals surface area contributed by atoms with Crippen LogP contribution in [0.2, 0.25) is 0 Å². The van der Waals surface area contributed by atoms with Crippen molar-refractivity contribution in [2.24, 2.45) is 0 Å². The molecule has 0 saturated heterocycles. The molecule has 114 valence electrons. The second-order valence-corrected chi connectivity index (χ2v) is 5.42. The Labute approximate surface area is 130 Å². The number of nitrogens with one attached hydrogen (secondary N) is 1. The number of rotatable bonds is 4. The fourth-order valence-electron chi connectivity index (χ4n) is 2.42. The van der Waals surface area contributed by atoms with E-state index in [2.05, 4.69) is 24.4 Å². The van der Waals surface area contributed by atoms with Gasteiger partial charge < -0.3 is 14.8 Å². The first-order chi connectivity index (χ1) is 10.7. The van der Waals surface area contributed by atoms with Crippen molar-refractivity contribution in [3.8, 4) is 11.5 Å². The molecule has 0 spiro atoms. The topological polar surface area (TPSA) is 47.6 Å². The van der Waals surface area contributed by atoms with Gasteiger partial charge in [-0.2, -0.15) is 0 Å². The second kappa shape index (κ2) is 6.52. The van der Waals surface area contributed by atoms with Crippen molar-refractivity contribution in [3.63, 3.8) is 0 Å². The highest BCUT2D eigenvalue weighted by Gasteiger charge is 2.27. The van der Waals surface area contributed by atoms with E-state index in [-0.39, 0.29) is 18.4 Å². The van der Waals surface area contributed by atoms with Crippen molar-refractivity contribution < 1.29 is 14.3 Å². The Hall–Kier alpha value is -2.49. The van der Waals surface area contributed by atoms with Crippen LogP contribution in [0.3, 0.4) is 0 Å². The van der Waals surface area contributed by atoms with Gasteiger partial charge in [0.25, 0.3) is 5.91 Å². The third-order valence-corrected chi connectivity index (χ3v) is 3.75. The average molecular weight is 297 g/mol. The first-order valence-electron chi connectivity index (χ1n) is 7.45. The number of carbonyl (C=O) groups is 1. The van der Waals surface area contributed by atoms with Gasteiger partial charge >= 0.3 is 0 Å². The number of carbonyl (C=O) groups excluding carboxylic acids is 1. The van der Waals surface area contributed by atoms with Crippen LogP contribution in [0.25, 0.3) is 0 Å². The molecule has 0 radical (unpaired) electrons. The highest BCUT2D eigenvalue weighted by Crippen LogP contribution is 2.30. The van der Waals surface area contributed by atoms with E-state index in [1.54, 1.807) is 6.07 Å². The highest BCUT2D eigenvalue weighted by atomic mass is 16.6. The molecule has 0 fully saturated rings. The van der Waals surface area contributed by atoms with E-state index < -0.39 is 6.10 Å². The summed E-state index contributed by atoms with van der Waals surface area (Å²) in [4.78, 5) is 12.2. The lowest BCUT2D eigenvalue weighted by atomic mass is 10.0. The van der Waals surface area contributed by atoms with Crippen LogP contribution in [-0.4, -0.2) is 25.2 Å². The summed E-state index contributed by atoms with van der Waals surface area (Å²) in [6.45, 7) is 2.90. The number of fused-ring (bicyclic) bond motifs is 1. The first-order valence-corrected chi connectivity index (χ1v) is 7.45. The predicted octanol–water partition coefficient (Wildman–Crippen LogP) is 2.75. The Bertz CT molecular complexity index is 642. The van der Waals surface area contributed by atoms with E-state index in [1.807, 2.05) is 36.4 Å². The molecule has 1 amide bonds.